The molecule has 0 atom stereocenters. The third-order valence-electron chi connectivity index (χ3n) is 5.95. The first-order valence-corrected chi connectivity index (χ1v) is 10.4. The highest BCUT2D eigenvalue weighted by atomic mass is 16.5. The molecule has 1 fully saturated rings. The number of para-hydroxylation sites is 2. The van der Waals surface area contributed by atoms with E-state index in [4.69, 9.17) is 9.97 Å². The molecule has 0 saturated carbocycles. The third kappa shape index (κ3) is 3.07. The normalized spacial score (nSPS) is 16.5. The monoisotopic (exact) mass is 402 g/mol. The van der Waals surface area contributed by atoms with Crippen LogP contribution in [0.25, 0.3) is 33.4 Å². The minimum absolute atomic E-state index is 0.622. The summed E-state index contributed by atoms with van der Waals surface area (Å²) in [5.74, 6) is 0.996. The summed E-state index contributed by atoms with van der Waals surface area (Å²) in [4.78, 5) is 14.7. The van der Waals surface area contributed by atoms with Gasteiger partial charge < -0.3 is 9.80 Å². The van der Waals surface area contributed by atoms with Crippen molar-refractivity contribution in [1.82, 2.24) is 24.7 Å². The summed E-state index contributed by atoms with van der Waals surface area (Å²) in [7, 11) is 2.17. The lowest BCUT2D eigenvalue weighted by molar-refractivity contribution is 0.224. The molecule has 4 aromatic rings. The van der Waals surface area contributed by atoms with E-state index >= 15 is 0 Å². The van der Waals surface area contributed by atoms with Crippen LogP contribution in [0.2, 0.25) is 0 Å². The second-order valence-corrected chi connectivity index (χ2v) is 7.86. The van der Waals surface area contributed by atoms with E-state index in [0.717, 1.165) is 71.7 Å². The average molecular weight is 403 g/mol. The molecule has 1 aliphatic heterocycles. The maximum atomic E-state index is 9.67. The zero-order valence-corrected chi connectivity index (χ0v) is 17.3. The number of hydroxylamine groups is 1. The number of nitrogens with one attached hydrogen (secondary N) is 1. The summed E-state index contributed by atoms with van der Waals surface area (Å²) in [6, 6.07) is 14.3. The lowest BCUT2D eigenvalue weighted by Gasteiger charge is -2.22. The summed E-state index contributed by atoms with van der Waals surface area (Å²) >= 11 is 0. The van der Waals surface area contributed by atoms with Gasteiger partial charge in [0.05, 0.1) is 16.7 Å². The van der Waals surface area contributed by atoms with Crippen LogP contribution in [0.1, 0.15) is 18.9 Å². The van der Waals surface area contributed by atoms with E-state index in [1.54, 1.807) is 0 Å². The van der Waals surface area contributed by atoms with Crippen LogP contribution < -0.4 is 10.4 Å². The average Bonchev–Trinajstić information content (AvgIpc) is 3.03. The van der Waals surface area contributed by atoms with E-state index in [0.29, 0.717) is 5.70 Å². The number of hydrogen-bond acceptors (Lipinski definition) is 6. The number of likely N-dealkylation sites (N-methyl/N-ethyl adjacent to an activating group) is 1. The molecular weight excluding hydrogens is 376 g/mol. The molecule has 5 rings (SSSR count). The van der Waals surface area contributed by atoms with Crippen molar-refractivity contribution in [2.24, 2.45) is 0 Å². The van der Waals surface area contributed by atoms with E-state index in [9.17, 15) is 5.21 Å². The first-order valence-electron chi connectivity index (χ1n) is 10.4. The molecule has 4 heterocycles. The number of hydrogen-bond donors (Lipinski definition) is 2. The summed E-state index contributed by atoms with van der Waals surface area (Å²) in [5, 5.41) is 10.7. The second kappa shape index (κ2) is 7.59. The van der Waals surface area contributed by atoms with Crippen molar-refractivity contribution < 1.29 is 5.21 Å². The predicted octanol–water partition coefficient (Wildman–Crippen LogP) is 3.52. The standard InChI is InChI=1S/C23H26N6O/c1-3-18(26-30)17-15-16-9-10-21(28-12-6-11-27(2)13-14-28)25-22(16)29-20-8-5-4-7-19(20)24-23(17)29/h3-5,7-10,15,26,30H,6,11-14H2,1-2H3/b18-3-. The number of allylic oxidation sites excluding steroid dienone is 1. The summed E-state index contributed by atoms with van der Waals surface area (Å²) in [5.41, 5.74) is 7.35. The van der Waals surface area contributed by atoms with Crippen molar-refractivity contribution >= 4 is 39.2 Å². The minimum atomic E-state index is 0.622. The van der Waals surface area contributed by atoms with Crippen molar-refractivity contribution in [2.45, 2.75) is 13.3 Å². The van der Waals surface area contributed by atoms with Gasteiger partial charge in [-0.05, 0) is 57.3 Å². The zero-order valence-electron chi connectivity index (χ0n) is 17.3. The van der Waals surface area contributed by atoms with Crippen LogP contribution in [0, 0.1) is 0 Å². The molecule has 1 saturated heterocycles. The Morgan fingerprint density at radius 2 is 1.90 bits per heavy atom. The van der Waals surface area contributed by atoms with E-state index < -0.39 is 0 Å². The Morgan fingerprint density at radius 3 is 2.73 bits per heavy atom. The molecule has 1 aromatic carbocycles. The Hall–Kier alpha value is -3.16. The number of rotatable bonds is 3. The Kier molecular flexibility index (Phi) is 4.77. The minimum Gasteiger partial charge on any atom is -0.355 e. The highest BCUT2D eigenvalue weighted by Crippen LogP contribution is 2.29. The van der Waals surface area contributed by atoms with E-state index in [1.165, 1.54) is 0 Å². The maximum Gasteiger partial charge on any atom is 0.149 e. The van der Waals surface area contributed by atoms with Gasteiger partial charge in [0.25, 0.3) is 0 Å². The van der Waals surface area contributed by atoms with Gasteiger partial charge in [0.2, 0.25) is 0 Å². The summed E-state index contributed by atoms with van der Waals surface area (Å²) < 4.78 is 2.11. The molecule has 0 aliphatic carbocycles. The van der Waals surface area contributed by atoms with Gasteiger partial charge in [0.15, 0.2) is 0 Å². The van der Waals surface area contributed by atoms with Gasteiger partial charge in [-0.15, -0.1) is 0 Å². The van der Waals surface area contributed by atoms with Crippen LogP contribution in [0.4, 0.5) is 5.82 Å². The lowest BCUT2D eigenvalue weighted by atomic mass is 10.1. The smallest absolute Gasteiger partial charge is 0.149 e. The van der Waals surface area contributed by atoms with Gasteiger partial charge in [-0.25, -0.2) is 9.97 Å². The zero-order chi connectivity index (χ0) is 20.7. The van der Waals surface area contributed by atoms with Crippen molar-refractivity contribution in [1.29, 1.82) is 0 Å². The van der Waals surface area contributed by atoms with Crippen LogP contribution in [0.3, 0.4) is 0 Å². The fraction of sp³-hybridized carbons (Fsp3) is 0.304. The van der Waals surface area contributed by atoms with Crippen LogP contribution >= 0.6 is 0 Å². The molecule has 0 bridgehead atoms. The van der Waals surface area contributed by atoms with Crippen LogP contribution in [-0.2, 0) is 0 Å². The van der Waals surface area contributed by atoms with Crippen molar-refractivity contribution in [3.05, 3.63) is 54.1 Å². The fourth-order valence-electron chi connectivity index (χ4n) is 4.31. The highest BCUT2D eigenvalue weighted by Gasteiger charge is 2.18. The van der Waals surface area contributed by atoms with Crippen LogP contribution in [0.5, 0.6) is 0 Å². The fourth-order valence-corrected chi connectivity index (χ4v) is 4.31. The number of pyridine rings is 2. The first kappa shape index (κ1) is 18.8. The van der Waals surface area contributed by atoms with Gasteiger partial charge in [0.1, 0.15) is 17.1 Å². The van der Waals surface area contributed by atoms with Gasteiger partial charge in [-0.2, -0.15) is 0 Å². The van der Waals surface area contributed by atoms with Gasteiger partial charge in [-0.3, -0.25) is 15.1 Å². The molecule has 30 heavy (non-hydrogen) atoms. The topological polar surface area (TPSA) is 68.9 Å². The van der Waals surface area contributed by atoms with Gasteiger partial charge in [-0.1, -0.05) is 18.2 Å². The van der Waals surface area contributed by atoms with E-state index in [2.05, 4.69) is 44.9 Å². The molecule has 0 amide bonds. The number of aromatic nitrogens is 3. The van der Waals surface area contributed by atoms with Crippen molar-refractivity contribution in [3.63, 3.8) is 0 Å². The predicted molar refractivity (Wildman–Crippen MR) is 121 cm³/mol. The number of benzene rings is 1. The summed E-state index contributed by atoms with van der Waals surface area (Å²) in [6.45, 7) is 6.02. The van der Waals surface area contributed by atoms with Gasteiger partial charge in [0, 0.05) is 30.6 Å². The first-order chi connectivity index (χ1) is 14.7. The SMILES string of the molecule is C/C=C(\NO)c1cc2ccc(N3CCCN(C)CC3)nc2n2c1nc1ccccc12. The lowest BCUT2D eigenvalue weighted by Crippen LogP contribution is -2.29. The molecule has 0 spiro atoms. The third-order valence-corrected chi connectivity index (χ3v) is 5.95. The molecule has 3 aromatic heterocycles. The molecule has 7 nitrogen and oxygen atoms in total. The molecule has 154 valence electrons. The Balaban J connectivity index is 1.77. The molecule has 7 heteroatoms. The Morgan fingerprint density at radius 1 is 1.03 bits per heavy atom. The molecule has 2 N–H and O–H groups in total. The molecule has 0 unspecified atom stereocenters. The van der Waals surface area contributed by atoms with Crippen molar-refractivity contribution in [3.8, 4) is 0 Å². The quantitative estimate of drug-likeness (QED) is 0.511. The second-order valence-electron chi connectivity index (χ2n) is 7.86. The van der Waals surface area contributed by atoms with Crippen LogP contribution in [0.15, 0.2) is 48.5 Å². The molecular formula is C23H26N6O. The number of nitrogens with zero attached hydrogens (tertiary/aromatic N) is 5. The Bertz CT molecular complexity index is 1260. The maximum absolute atomic E-state index is 9.67. The van der Waals surface area contributed by atoms with Gasteiger partial charge >= 0.3 is 0 Å². The highest BCUT2D eigenvalue weighted by molar-refractivity contribution is 5.94. The number of anilines is 1. The largest absolute Gasteiger partial charge is 0.355 e. The number of fused-ring (bicyclic) bond motifs is 5. The molecule has 1 aliphatic rings. The van der Waals surface area contributed by atoms with E-state index in [1.807, 2.05) is 37.3 Å². The van der Waals surface area contributed by atoms with E-state index in [-0.39, 0.29) is 0 Å². The summed E-state index contributed by atoms with van der Waals surface area (Å²) in [6.07, 6.45) is 2.97. The number of imidazole rings is 1. The Labute approximate surface area is 175 Å². The molecule has 0 radical (unpaired) electrons. The van der Waals surface area contributed by atoms with Crippen molar-refractivity contribution in [2.75, 3.05) is 38.1 Å². The van der Waals surface area contributed by atoms with Crippen LogP contribution in [-0.4, -0.2) is 57.7 Å².